The molecule has 2 aromatic rings. The van der Waals surface area contributed by atoms with Gasteiger partial charge in [-0.3, -0.25) is 0 Å². The van der Waals surface area contributed by atoms with Crippen LogP contribution in [0.4, 0.5) is 0 Å². The molecule has 44 heavy (non-hydrogen) atoms. The molecule has 0 bridgehead atoms. The molecule has 0 N–H and O–H groups in total. The van der Waals surface area contributed by atoms with E-state index < -0.39 is 73.4 Å². The van der Waals surface area contributed by atoms with Crippen molar-refractivity contribution in [1.82, 2.24) is 0 Å². The van der Waals surface area contributed by atoms with Crippen molar-refractivity contribution in [3.8, 4) is 11.5 Å². The molecule has 2 heterocycles. The van der Waals surface area contributed by atoms with Gasteiger partial charge in [0.15, 0.2) is 25.4 Å². The minimum absolute atomic E-state index is 0.0103. The lowest BCUT2D eigenvalue weighted by atomic mass is 10.1. The van der Waals surface area contributed by atoms with E-state index in [-0.39, 0.29) is 35.8 Å². The fourth-order valence-corrected chi connectivity index (χ4v) is 4.06. The van der Waals surface area contributed by atoms with Crippen LogP contribution in [0.1, 0.15) is 20.7 Å². The largest absolute Gasteiger partial charge is 0.453 e. The maximum absolute atomic E-state index is 12.7. The van der Waals surface area contributed by atoms with E-state index in [1.807, 2.05) is 0 Å². The molecule has 0 amide bonds. The monoisotopic (exact) mass is 610 g/mol. The number of carbonyl (C=O) groups is 6. The average Bonchev–Trinajstić information content (AvgIpc) is 3.62. The summed E-state index contributed by atoms with van der Waals surface area (Å²) in [6.45, 7) is 5.26. The summed E-state index contributed by atoms with van der Waals surface area (Å²) in [5, 5.41) is 0. The summed E-state index contributed by atoms with van der Waals surface area (Å²) < 4.78 is 41.8. The smallest absolute Gasteiger partial charge is 0.349 e. The Balaban J connectivity index is 1.23. The van der Waals surface area contributed by atoms with Gasteiger partial charge in [0.05, 0.1) is 24.3 Å². The van der Waals surface area contributed by atoms with E-state index in [1.54, 1.807) is 0 Å². The van der Waals surface area contributed by atoms with Gasteiger partial charge in [0.2, 0.25) is 0 Å². The molecule has 0 radical (unpaired) electrons. The van der Waals surface area contributed by atoms with E-state index in [0.717, 1.165) is 12.2 Å². The molecule has 2 saturated heterocycles. The molecule has 2 fully saturated rings. The van der Waals surface area contributed by atoms with E-state index in [4.69, 9.17) is 28.4 Å². The Labute approximate surface area is 250 Å². The molecule has 0 aliphatic carbocycles. The zero-order valence-electron chi connectivity index (χ0n) is 23.0. The topological polar surface area (TPSA) is 176 Å². The third-order valence-electron chi connectivity index (χ3n) is 6.12. The lowest BCUT2D eigenvalue weighted by Crippen LogP contribution is -2.36. The zero-order valence-corrected chi connectivity index (χ0v) is 23.0. The van der Waals surface area contributed by atoms with Crippen LogP contribution in [-0.4, -0.2) is 86.7 Å². The lowest BCUT2D eigenvalue weighted by molar-refractivity contribution is -0.150. The van der Waals surface area contributed by atoms with Crippen molar-refractivity contribution < 1.29 is 66.7 Å². The molecule has 4 unspecified atom stereocenters. The van der Waals surface area contributed by atoms with Gasteiger partial charge in [-0.05, 0) is 48.5 Å². The second-order valence-corrected chi connectivity index (χ2v) is 9.10. The molecule has 0 saturated carbocycles. The van der Waals surface area contributed by atoms with Crippen molar-refractivity contribution in [3.05, 3.63) is 85.0 Å². The van der Waals surface area contributed by atoms with Crippen LogP contribution in [0.3, 0.4) is 0 Å². The first-order chi connectivity index (χ1) is 21.2. The van der Waals surface area contributed by atoms with Crippen molar-refractivity contribution in [1.29, 1.82) is 0 Å². The second-order valence-electron chi connectivity index (χ2n) is 9.10. The molecule has 4 atom stereocenters. The first-order valence-electron chi connectivity index (χ1n) is 13.0. The van der Waals surface area contributed by atoms with Crippen LogP contribution < -0.4 is 9.47 Å². The molecule has 14 heteroatoms. The van der Waals surface area contributed by atoms with Gasteiger partial charge in [-0.2, -0.15) is 0 Å². The SMILES string of the molecule is C=CC(=O)OCC(=O)Oc1ccc(C(=O)OC2COC3C(OC(=O)c4ccc(OC(=O)COC(=O)C=C)cc4)COC23)cc1. The maximum Gasteiger partial charge on any atom is 0.349 e. The highest BCUT2D eigenvalue weighted by molar-refractivity contribution is 5.90. The van der Waals surface area contributed by atoms with Gasteiger partial charge in [0.25, 0.3) is 0 Å². The average molecular weight is 611 g/mol. The fourth-order valence-electron chi connectivity index (χ4n) is 4.06. The third-order valence-corrected chi connectivity index (χ3v) is 6.12. The quantitative estimate of drug-likeness (QED) is 0.146. The number of rotatable bonds is 12. The van der Waals surface area contributed by atoms with E-state index in [1.165, 1.54) is 48.5 Å². The highest BCUT2D eigenvalue weighted by Crippen LogP contribution is 2.31. The number of esters is 6. The molecule has 2 aromatic carbocycles. The van der Waals surface area contributed by atoms with E-state index in [9.17, 15) is 28.8 Å². The summed E-state index contributed by atoms with van der Waals surface area (Å²) in [7, 11) is 0. The molecule has 2 aliphatic rings. The Hall–Kier alpha value is -5.34. The Morgan fingerprint density at radius 1 is 0.636 bits per heavy atom. The summed E-state index contributed by atoms with van der Waals surface area (Å²) >= 11 is 0. The second kappa shape index (κ2) is 14.7. The zero-order chi connectivity index (χ0) is 31.6. The maximum atomic E-state index is 12.7. The van der Waals surface area contributed by atoms with Gasteiger partial charge < -0.3 is 37.9 Å². The summed E-state index contributed by atoms with van der Waals surface area (Å²) in [5.41, 5.74) is 0.332. The summed E-state index contributed by atoms with van der Waals surface area (Å²) in [4.78, 5) is 70.9. The molecule has 0 spiro atoms. The molecule has 4 rings (SSSR count). The first-order valence-corrected chi connectivity index (χ1v) is 13.0. The van der Waals surface area contributed by atoms with Crippen molar-refractivity contribution in [2.45, 2.75) is 24.4 Å². The number of hydrogen-bond donors (Lipinski definition) is 0. The predicted octanol–water partition coefficient (Wildman–Crippen LogP) is 1.50. The van der Waals surface area contributed by atoms with Gasteiger partial charge >= 0.3 is 35.8 Å². The number of carbonyl (C=O) groups excluding carboxylic acids is 6. The van der Waals surface area contributed by atoms with Crippen LogP contribution in [0.15, 0.2) is 73.8 Å². The minimum atomic E-state index is -0.818. The normalized spacial score (nSPS) is 19.9. The van der Waals surface area contributed by atoms with Gasteiger partial charge in [-0.15, -0.1) is 0 Å². The van der Waals surface area contributed by atoms with Gasteiger partial charge in [0, 0.05) is 12.2 Å². The predicted molar refractivity (Wildman–Crippen MR) is 144 cm³/mol. The fraction of sp³-hybridized carbons (Fsp3) is 0.267. The minimum Gasteiger partial charge on any atom is -0.453 e. The highest BCUT2D eigenvalue weighted by atomic mass is 16.7. The number of fused-ring (bicyclic) bond motifs is 1. The molecular weight excluding hydrogens is 584 g/mol. The lowest BCUT2D eigenvalue weighted by Gasteiger charge is -2.17. The van der Waals surface area contributed by atoms with E-state index in [2.05, 4.69) is 22.6 Å². The highest BCUT2D eigenvalue weighted by Gasteiger charge is 2.51. The Bertz CT molecular complexity index is 1320. The molecule has 14 nitrogen and oxygen atoms in total. The van der Waals surface area contributed by atoms with Crippen molar-refractivity contribution in [2.75, 3.05) is 26.4 Å². The van der Waals surface area contributed by atoms with Crippen LogP contribution in [-0.2, 0) is 47.6 Å². The van der Waals surface area contributed by atoms with Gasteiger partial charge in [-0.1, -0.05) is 13.2 Å². The van der Waals surface area contributed by atoms with Crippen molar-refractivity contribution in [3.63, 3.8) is 0 Å². The van der Waals surface area contributed by atoms with Gasteiger partial charge in [0.1, 0.15) is 23.7 Å². The Morgan fingerprint density at radius 2 is 1.00 bits per heavy atom. The molecular formula is C30H26O14. The Kier molecular flexibility index (Phi) is 10.6. The third kappa shape index (κ3) is 8.36. The Morgan fingerprint density at radius 3 is 1.34 bits per heavy atom. The van der Waals surface area contributed by atoms with Gasteiger partial charge in [-0.25, -0.2) is 28.8 Å². The standard InChI is InChI=1S/C30H26O14/c1-3-23(31)37-15-25(33)41-19-9-5-17(6-10-19)29(35)43-21-13-39-28-22(14-40-27(21)28)44-30(36)18-7-11-20(12-8-18)42-26(34)16-38-24(32)4-2/h3-12,21-22,27-28H,1-2,13-16H2. The van der Waals surface area contributed by atoms with Crippen molar-refractivity contribution >= 4 is 35.8 Å². The van der Waals surface area contributed by atoms with E-state index >= 15 is 0 Å². The summed E-state index contributed by atoms with van der Waals surface area (Å²) in [6, 6.07) is 11.0. The van der Waals surface area contributed by atoms with Crippen LogP contribution in [0.5, 0.6) is 11.5 Å². The molecule has 2 aliphatic heterocycles. The summed E-state index contributed by atoms with van der Waals surface area (Å²) in [6.07, 6.45) is -1.06. The first kappa shape index (κ1) is 31.6. The van der Waals surface area contributed by atoms with Crippen LogP contribution in [0.2, 0.25) is 0 Å². The number of benzene rings is 2. The van der Waals surface area contributed by atoms with Crippen LogP contribution >= 0.6 is 0 Å². The number of ether oxygens (including phenoxy) is 8. The summed E-state index contributed by atoms with van der Waals surface area (Å²) in [5.74, 6) is -4.29. The van der Waals surface area contributed by atoms with Crippen molar-refractivity contribution in [2.24, 2.45) is 0 Å². The molecule has 230 valence electrons. The number of hydrogen-bond acceptors (Lipinski definition) is 14. The van der Waals surface area contributed by atoms with Crippen LogP contribution in [0.25, 0.3) is 0 Å². The molecule has 0 aromatic heterocycles. The van der Waals surface area contributed by atoms with Crippen LogP contribution in [0, 0.1) is 0 Å². The van der Waals surface area contributed by atoms with E-state index in [0.29, 0.717) is 0 Å².